The van der Waals surface area contributed by atoms with Gasteiger partial charge in [-0.25, -0.2) is 15.8 Å². The largest absolute Gasteiger partial charge is 0.277 e. The van der Waals surface area contributed by atoms with E-state index in [4.69, 9.17) is 5.84 Å². The van der Waals surface area contributed by atoms with Gasteiger partial charge in [-0.2, -0.15) is 0 Å². The van der Waals surface area contributed by atoms with Crippen LogP contribution in [0.5, 0.6) is 0 Å². The van der Waals surface area contributed by atoms with E-state index in [0.717, 1.165) is 33.6 Å². The molecule has 4 nitrogen and oxygen atoms in total. The minimum atomic E-state index is 0.323. The average molecular weight is 296 g/mol. The maximum atomic E-state index is 10.7. The molecule has 0 saturated heterocycles. The molecule has 0 heterocycles. The fraction of sp³-hybridized carbons (Fsp3) is 0.333. The number of amidine groups is 1. The lowest BCUT2D eigenvalue weighted by Crippen LogP contribution is -2.37. The summed E-state index contributed by atoms with van der Waals surface area (Å²) in [5, 5.41) is 1.08. The molecule has 1 saturated carbocycles. The van der Waals surface area contributed by atoms with Gasteiger partial charge in [0, 0.05) is 10.4 Å². The number of rotatable bonds is 3. The van der Waals surface area contributed by atoms with Crippen molar-refractivity contribution < 1.29 is 4.79 Å². The lowest BCUT2D eigenvalue weighted by atomic mass is 10.2. The third-order valence-electron chi connectivity index (χ3n) is 2.79. The van der Waals surface area contributed by atoms with Gasteiger partial charge >= 0.3 is 0 Å². The van der Waals surface area contributed by atoms with Crippen molar-refractivity contribution in [3.63, 3.8) is 0 Å². The molecule has 0 spiro atoms. The zero-order valence-electron chi connectivity index (χ0n) is 9.56. The first-order valence-corrected chi connectivity index (χ1v) is 6.25. The molecule has 1 fully saturated rings. The van der Waals surface area contributed by atoms with Crippen LogP contribution in [0, 0.1) is 12.8 Å². The summed E-state index contributed by atoms with van der Waals surface area (Å²) in [6.45, 7) is 1.98. The van der Waals surface area contributed by atoms with E-state index in [1.165, 1.54) is 0 Å². The number of hydrogen-bond acceptors (Lipinski definition) is 3. The standard InChI is InChI=1S/C12H14BrN3O/c1-8-10(13)3-2-4-11(8)15-12(9-5-6-9)16(14)7-17/h2-4,7,9H,5-6,14H2,1H3. The normalized spacial score (nSPS) is 15.8. The first kappa shape index (κ1) is 12.3. The predicted molar refractivity (Wildman–Crippen MR) is 70.8 cm³/mol. The molecule has 5 heteroatoms. The molecule has 90 valence electrons. The number of hydrogen-bond donors (Lipinski definition) is 1. The molecule has 0 radical (unpaired) electrons. The highest BCUT2D eigenvalue weighted by molar-refractivity contribution is 9.10. The summed E-state index contributed by atoms with van der Waals surface area (Å²) >= 11 is 3.46. The fourth-order valence-electron chi connectivity index (χ4n) is 1.60. The second-order valence-electron chi connectivity index (χ2n) is 4.14. The number of nitrogens with two attached hydrogens (primary N) is 1. The Hall–Kier alpha value is -1.20. The molecular formula is C12H14BrN3O. The number of amides is 1. The van der Waals surface area contributed by atoms with Gasteiger partial charge in [-0.1, -0.05) is 22.0 Å². The molecule has 1 aromatic carbocycles. The van der Waals surface area contributed by atoms with E-state index < -0.39 is 0 Å². The molecule has 0 bridgehead atoms. The SMILES string of the molecule is Cc1c(Br)cccc1N=C(C1CC1)N(N)C=O. The molecule has 17 heavy (non-hydrogen) atoms. The predicted octanol–water partition coefficient (Wildman–Crippen LogP) is 2.53. The summed E-state index contributed by atoms with van der Waals surface area (Å²) in [5.41, 5.74) is 1.89. The topological polar surface area (TPSA) is 58.7 Å². The van der Waals surface area contributed by atoms with Crippen molar-refractivity contribution in [2.45, 2.75) is 19.8 Å². The Labute approximate surface area is 109 Å². The van der Waals surface area contributed by atoms with Crippen LogP contribution in [0.4, 0.5) is 5.69 Å². The van der Waals surface area contributed by atoms with Crippen molar-refractivity contribution in [2.24, 2.45) is 16.8 Å². The zero-order chi connectivity index (χ0) is 12.4. The monoisotopic (exact) mass is 295 g/mol. The molecule has 0 unspecified atom stereocenters. The van der Waals surface area contributed by atoms with E-state index in [1.54, 1.807) is 0 Å². The number of benzene rings is 1. The van der Waals surface area contributed by atoms with Crippen molar-refractivity contribution in [1.29, 1.82) is 0 Å². The molecule has 1 aliphatic carbocycles. The molecule has 1 aromatic rings. The van der Waals surface area contributed by atoms with Crippen LogP contribution in [-0.4, -0.2) is 17.3 Å². The highest BCUT2D eigenvalue weighted by Crippen LogP contribution is 2.34. The molecule has 0 aliphatic heterocycles. The van der Waals surface area contributed by atoms with Gasteiger partial charge < -0.3 is 0 Å². The van der Waals surface area contributed by atoms with Crippen LogP contribution in [0.15, 0.2) is 27.7 Å². The number of carbonyl (C=O) groups is 1. The summed E-state index contributed by atoms with van der Waals surface area (Å²) in [7, 11) is 0. The molecule has 1 amide bonds. The second-order valence-corrected chi connectivity index (χ2v) is 5.00. The van der Waals surface area contributed by atoms with Crippen LogP contribution in [0.2, 0.25) is 0 Å². The Morgan fingerprint density at radius 1 is 1.59 bits per heavy atom. The second kappa shape index (κ2) is 4.98. The van der Waals surface area contributed by atoms with Crippen molar-refractivity contribution in [3.8, 4) is 0 Å². The number of nitrogens with zero attached hydrogens (tertiary/aromatic N) is 2. The third kappa shape index (κ3) is 2.73. The maximum absolute atomic E-state index is 10.7. The van der Waals surface area contributed by atoms with Crippen LogP contribution >= 0.6 is 15.9 Å². The Bertz CT molecular complexity index is 469. The van der Waals surface area contributed by atoms with Crippen LogP contribution in [-0.2, 0) is 4.79 Å². The number of hydrazine groups is 1. The summed E-state index contributed by atoms with van der Waals surface area (Å²) in [6, 6.07) is 5.80. The van der Waals surface area contributed by atoms with Crippen molar-refractivity contribution >= 4 is 33.9 Å². The Kier molecular flexibility index (Phi) is 3.59. The van der Waals surface area contributed by atoms with E-state index in [1.807, 2.05) is 25.1 Å². The van der Waals surface area contributed by atoms with E-state index in [0.29, 0.717) is 18.2 Å². The van der Waals surface area contributed by atoms with Crippen LogP contribution in [0.25, 0.3) is 0 Å². The first-order chi connectivity index (χ1) is 8.13. The Morgan fingerprint density at radius 2 is 2.29 bits per heavy atom. The molecule has 2 N–H and O–H groups in total. The summed E-state index contributed by atoms with van der Waals surface area (Å²) in [6.07, 6.45) is 2.70. The lowest BCUT2D eigenvalue weighted by molar-refractivity contribution is -0.115. The zero-order valence-corrected chi connectivity index (χ0v) is 11.1. The Morgan fingerprint density at radius 3 is 2.88 bits per heavy atom. The summed E-state index contributed by atoms with van der Waals surface area (Å²) in [4.78, 5) is 15.2. The maximum Gasteiger partial charge on any atom is 0.229 e. The number of halogens is 1. The van der Waals surface area contributed by atoms with Gasteiger partial charge in [0.15, 0.2) is 0 Å². The van der Waals surface area contributed by atoms with E-state index in [2.05, 4.69) is 20.9 Å². The van der Waals surface area contributed by atoms with Crippen LogP contribution < -0.4 is 5.84 Å². The highest BCUT2D eigenvalue weighted by atomic mass is 79.9. The number of aliphatic imine (C=N–C) groups is 1. The van der Waals surface area contributed by atoms with Gasteiger partial charge in [0.1, 0.15) is 5.84 Å². The van der Waals surface area contributed by atoms with Crippen molar-refractivity contribution in [2.75, 3.05) is 0 Å². The van der Waals surface area contributed by atoms with Crippen molar-refractivity contribution in [1.82, 2.24) is 5.01 Å². The summed E-state index contributed by atoms with van der Waals surface area (Å²) < 4.78 is 1.00. The molecular weight excluding hydrogens is 282 g/mol. The van der Waals surface area contributed by atoms with Gasteiger partial charge in [-0.3, -0.25) is 4.79 Å². The van der Waals surface area contributed by atoms with Gasteiger partial charge in [0.25, 0.3) is 0 Å². The van der Waals surface area contributed by atoms with E-state index in [-0.39, 0.29) is 0 Å². The smallest absolute Gasteiger partial charge is 0.229 e. The van der Waals surface area contributed by atoms with Crippen molar-refractivity contribution in [3.05, 3.63) is 28.2 Å². The molecule has 0 aromatic heterocycles. The molecule has 2 rings (SSSR count). The van der Waals surface area contributed by atoms with Gasteiger partial charge in [0.2, 0.25) is 6.41 Å². The minimum absolute atomic E-state index is 0.323. The van der Waals surface area contributed by atoms with E-state index in [9.17, 15) is 4.79 Å². The quantitative estimate of drug-likeness (QED) is 0.233. The summed E-state index contributed by atoms with van der Waals surface area (Å²) in [5.74, 6) is 6.59. The Balaban J connectivity index is 2.37. The first-order valence-electron chi connectivity index (χ1n) is 5.46. The van der Waals surface area contributed by atoms with Gasteiger partial charge in [0.05, 0.1) is 5.69 Å². The highest BCUT2D eigenvalue weighted by Gasteiger charge is 2.30. The average Bonchev–Trinajstić information content (AvgIpc) is 3.14. The van der Waals surface area contributed by atoms with E-state index >= 15 is 0 Å². The van der Waals surface area contributed by atoms with Gasteiger partial charge in [-0.15, -0.1) is 0 Å². The fourth-order valence-corrected chi connectivity index (χ4v) is 1.95. The molecule has 0 atom stereocenters. The minimum Gasteiger partial charge on any atom is -0.277 e. The third-order valence-corrected chi connectivity index (χ3v) is 3.65. The van der Waals surface area contributed by atoms with Crippen LogP contribution in [0.1, 0.15) is 18.4 Å². The van der Waals surface area contributed by atoms with Gasteiger partial charge in [-0.05, 0) is 37.5 Å². The number of carbonyl (C=O) groups excluding carboxylic acids is 1. The van der Waals surface area contributed by atoms with Crippen LogP contribution in [0.3, 0.4) is 0 Å². The molecule has 1 aliphatic rings. The lowest BCUT2D eigenvalue weighted by Gasteiger charge is -2.13.